The Balaban J connectivity index is 0.000000214. The minimum absolute atomic E-state index is 0.485. The van der Waals surface area contributed by atoms with E-state index in [0.29, 0.717) is 5.46 Å². The zero-order valence-electron chi connectivity index (χ0n) is 47.9. The maximum Gasteiger partial charge on any atom is 0.488 e. The van der Waals surface area contributed by atoms with E-state index in [0.717, 1.165) is 99.4 Å². The van der Waals surface area contributed by atoms with Crippen LogP contribution < -0.4 is 29.5 Å². The van der Waals surface area contributed by atoms with Crippen molar-refractivity contribution in [1.29, 1.82) is 0 Å². The molecular weight excluding hydrogens is 1140 g/mol. The molecule has 0 saturated heterocycles. The Labute approximate surface area is 506 Å². The van der Waals surface area contributed by atoms with Crippen LogP contribution in [0.3, 0.4) is 0 Å². The molecule has 0 aromatic heterocycles. The number of benzene rings is 9. The monoisotopic (exact) mass is 1220 g/mol. The van der Waals surface area contributed by atoms with Gasteiger partial charge in [-0.05, 0) is 180 Å². The fourth-order valence-corrected chi connectivity index (χ4v) is 9.74. The number of para-hydroxylation sites is 2. The largest absolute Gasteiger partial charge is 0.494 e. The Hall–Kier alpha value is -7.08. The summed E-state index contributed by atoms with van der Waals surface area (Å²) in [6.45, 7) is 8.93. The number of hydrogen-bond acceptors (Lipinski definition) is 7. The second-order valence-corrected chi connectivity index (χ2v) is 21.9. The Kier molecular flexibility index (Phi) is 26.7. The molecule has 9 aromatic carbocycles. The van der Waals surface area contributed by atoms with E-state index in [1.165, 1.54) is 80.0 Å². The highest BCUT2D eigenvalue weighted by Gasteiger charge is 2.15. The van der Waals surface area contributed by atoms with Crippen LogP contribution in [0.25, 0.3) is 22.3 Å². The molecule has 0 heterocycles. The summed E-state index contributed by atoms with van der Waals surface area (Å²) in [6.07, 6.45) is 14.5. The number of halogens is 2. The van der Waals surface area contributed by atoms with E-state index in [1.807, 2.05) is 6.07 Å². The number of hydrogen-bond donors (Lipinski definition) is 2. The molecule has 82 heavy (non-hydrogen) atoms. The van der Waals surface area contributed by atoms with Crippen molar-refractivity contribution >= 4 is 78.6 Å². The van der Waals surface area contributed by atoms with E-state index in [1.54, 1.807) is 24.3 Å². The summed E-state index contributed by atoms with van der Waals surface area (Å²) in [5.74, 6) is 2.65. The van der Waals surface area contributed by atoms with Crippen molar-refractivity contribution in [2.24, 2.45) is 0 Å². The molecule has 0 aliphatic rings. The van der Waals surface area contributed by atoms with E-state index in [-0.39, 0.29) is 0 Å². The van der Waals surface area contributed by atoms with Crippen LogP contribution >= 0.6 is 31.9 Å². The van der Waals surface area contributed by atoms with Crippen molar-refractivity contribution in [2.45, 2.75) is 97.8 Å². The van der Waals surface area contributed by atoms with Crippen LogP contribution in [0.15, 0.2) is 239 Å². The highest BCUT2D eigenvalue weighted by atomic mass is 79.9. The van der Waals surface area contributed by atoms with Crippen LogP contribution in [-0.4, -0.2) is 37.0 Å². The molecule has 0 bridgehead atoms. The Morgan fingerprint density at radius 2 is 0.561 bits per heavy atom. The normalized spacial score (nSPS) is 10.6. The molecular formula is C72H79BBr2N2O5. The van der Waals surface area contributed by atoms with Crippen LogP contribution in [0.5, 0.6) is 17.2 Å². The Bertz CT molecular complexity index is 2990. The van der Waals surface area contributed by atoms with Crippen molar-refractivity contribution < 1.29 is 24.3 Å². The van der Waals surface area contributed by atoms with Gasteiger partial charge < -0.3 is 34.1 Å². The first kappa shape index (κ1) is 62.5. The molecule has 0 fully saturated rings. The zero-order chi connectivity index (χ0) is 57.6. The van der Waals surface area contributed by atoms with Gasteiger partial charge in [-0.2, -0.15) is 0 Å². The van der Waals surface area contributed by atoms with Gasteiger partial charge in [-0.3, -0.25) is 0 Å². The smallest absolute Gasteiger partial charge is 0.488 e. The van der Waals surface area contributed by atoms with Gasteiger partial charge in [-0.1, -0.05) is 207 Å². The van der Waals surface area contributed by atoms with Crippen LogP contribution in [-0.2, 0) is 0 Å². The highest BCUT2D eigenvalue weighted by Crippen LogP contribution is 2.38. The maximum absolute atomic E-state index is 8.90. The highest BCUT2D eigenvalue weighted by molar-refractivity contribution is 9.10. The lowest BCUT2D eigenvalue weighted by molar-refractivity contribution is 0.305. The third kappa shape index (κ3) is 20.4. The van der Waals surface area contributed by atoms with Gasteiger partial charge in [0.25, 0.3) is 0 Å². The molecule has 424 valence electrons. The second-order valence-electron chi connectivity index (χ2n) is 20.1. The van der Waals surface area contributed by atoms with Crippen molar-refractivity contribution in [3.8, 4) is 39.5 Å². The molecule has 0 unspecified atom stereocenters. The fraction of sp³-hybridized carbons (Fsp3) is 0.250. The standard InChI is InChI=1S/C42H47NO2.C18H13Br2N.C12H19BO3/c1-3-5-7-12-32-44-41-28-20-36(21-29-41)34-16-24-39(25-17-34)43(38-14-10-9-11-15-38)40-26-18-35(19-27-40)37-22-30-42(31-23-37)45-33-13-8-6-4-2;19-14-6-10-17(11-7-14)21(16-4-2-1-3-5-16)18-12-8-15(20)9-13-18;1-2-3-4-5-10-16-12-8-6-11(7-9-12)13(14)15/h9-11,14-31H,3-8,12-13,32-33H2,1-2H3;1-13H;6-9,14-15H,2-5,10H2,1H3. The number of unbranched alkanes of at least 4 members (excludes halogenated alkanes) is 9. The van der Waals surface area contributed by atoms with Crippen molar-refractivity contribution in [1.82, 2.24) is 0 Å². The number of nitrogens with zero attached hydrogens (tertiary/aromatic N) is 2. The minimum atomic E-state index is -1.40. The van der Waals surface area contributed by atoms with E-state index < -0.39 is 7.12 Å². The predicted molar refractivity (Wildman–Crippen MR) is 354 cm³/mol. The van der Waals surface area contributed by atoms with Gasteiger partial charge in [-0.25, -0.2) is 0 Å². The average molecular weight is 1220 g/mol. The molecule has 0 aliphatic heterocycles. The lowest BCUT2D eigenvalue weighted by Gasteiger charge is -2.26. The molecule has 7 nitrogen and oxygen atoms in total. The van der Waals surface area contributed by atoms with Gasteiger partial charge in [0.05, 0.1) is 19.8 Å². The van der Waals surface area contributed by atoms with Gasteiger partial charge in [0.15, 0.2) is 0 Å². The van der Waals surface area contributed by atoms with E-state index in [4.69, 9.17) is 24.3 Å². The summed E-state index contributed by atoms with van der Waals surface area (Å²) in [5, 5.41) is 17.8. The van der Waals surface area contributed by atoms with Crippen molar-refractivity contribution in [3.63, 3.8) is 0 Å². The predicted octanol–water partition coefficient (Wildman–Crippen LogP) is 20.4. The SMILES string of the molecule is Brc1ccc(N(c2ccccc2)c2ccc(Br)cc2)cc1.CCCCCCOc1ccc(-c2ccc(N(c3ccccc3)c3ccc(-c4ccc(OCCCCCC)cc4)cc3)cc2)cc1.CCCCCCOc1ccc(B(O)O)cc1. The lowest BCUT2D eigenvalue weighted by Crippen LogP contribution is -2.29. The van der Waals surface area contributed by atoms with Gasteiger partial charge in [0.2, 0.25) is 0 Å². The fourth-order valence-electron chi connectivity index (χ4n) is 9.21. The van der Waals surface area contributed by atoms with E-state index in [9.17, 15) is 0 Å². The summed E-state index contributed by atoms with van der Waals surface area (Å²) in [4.78, 5) is 4.54. The van der Waals surface area contributed by atoms with E-state index in [2.05, 4.69) is 263 Å². The van der Waals surface area contributed by atoms with Crippen LogP contribution in [0.1, 0.15) is 97.8 Å². The summed E-state index contributed by atoms with van der Waals surface area (Å²) < 4.78 is 19.6. The number of rotatable bonds is 27. The second kappa shape index (κ2) is 35.0. The minimum Gasteiger partial charge on any atom is -0.494 e. The molecule has 10 heteroatoms. The molecule has 9 rings (SSSR count). The molecule has 0 amide bonds. The van der Waals surface area contributed by atoms with Gasteiger partial charge in [-0.15, -0.1) is 0 Å². The first-order valence-corrected chi connectivity index (χ1v) is 30.8. The molecule has 0 atom stereocenters. The molecule has 0 radical (unpaired) electrons. The molecule has 2 N–H and O–H groups in total. The average Bonchev–Trinajstić information content (AvgIpc) is 3.72. The van der Waals surface area contributed by atoms with Crippen molar-refractivity contribution in [3.05, 3.63) is 239 Å². The third-order valence-electron chi connectivity index (χ3n) is 13.8. The van der Waals surface area contributed by atoms with Crippen molar-refractivity contribution in [2.75, 3.05) is 29.6 Å². The van der Waals surface area contributed by atoms with Crippen LogP contribution in [0, 0.1) is 0 Å². The molecule has 0 aliphatic carbocycles. The van der Waals surface area contributed by atoms with Crippen LogP contribution in [0.4, 0.5) is 34.1 Å². The number of anilines is 6. The third-order valence-corrected chi connectivity index (χ3v) is 14.9. The molecule has 0 saturated carbocycles. The summed E-state index contributed by atoms with van der Waals surface area (Å²) in [5.41, 5.74) is 12.0. The zero-order valence-corrected chi connectivity index (χ0v) is 51.1. The Morgan fingerprint density at radius 1 is 0.305 bits per heavy atom. The summed E-state index contributed by atoms with van der Waals surface area (Å²) in [6, 6.07) is 79.0. The van der Waals surface area contributed by atoms with Gasteiger partial charge in [0.1, 0.15) is 17.2 Å². The molecule has 9 aromatic rings. The number of ether oxygens (including phenoxy) is 3. The Morgan fingerprint density at radius 3 is 0.841 bits per heavy atom. The quantitative estimate of drug-likeness (QED) is 0.0392. The first-order chi connectivity index (χ1) is 40.2. The van der Waals surface area contributed by atoms with Gasteiger partial charge >= 0.3 is 7.12 Å². The molecule has 0 spiro atoms. The topological polar surface area (TPSA) is 74.6 Å². The van der Waals surface area contributed by atoms with Gasteiger partial charge in [0, 0.05) is 43.1 Å². The first-order valence-electron chi connectivity index (χ1n) is 29.2. The summed E-state index contributed by atoms with van der Waals surface area (Å²) >= 11 is 6.98. The van der Waals surface area contributed by atoms with E-state index >= 15 is 0 Å². The van der Waals surface area contributed by atoms with Crippen LogP contribution in [0.2, 0.25) is 0 Å². The maximum atomic E-state index is 8.90. The lowest BCUT2D eigenvalue weighted by atomic mass is 9.80. The summed E-state index contributed by atoms with van der Waals surface area (Å²) in [7, 11) is -1.40.